The number of ether oxygens (including phenoxy) is 1. The normalized spacial score (nSPS) is 24.0. The van der Waals surface area contributed by atoms with Gasteiger partial charge in [-0.15, -0.1) is 24.0 Å². The van der Waals surface area contributed by atoms with Crippen molar-refractivity contribution in [2.45, 2.75) is 45.6 Å². The molecule has 1 aliphatic heterocycles. The van der Waals surface area contributed by atoms with Crippen molar-refractivity contribution in [3.05, 3.63) is 0 Å². The summed E-state index contributed by atoms with van der Waals surface area (Å²) in [5.41, 5.74) is 0. The number of rotatable bonds is 5. The second kappa shape index (κ2) is 9.00. The van der Waals surface area contributed by atoms with E-state index in [-0.39, 0.29) is 24.0 Å². The van der Waals surface area contributed by atoms with Gasteiger partial charge in [-0.1, -0.05) is 0 Å². The van der Waals surface area contributed by atoms with Crippen LogP contribution < -0.4 is 5.32 Å². The predicted molar refractivity (Wildman–Crippen MR) is 90.3 cm³/mol. The van der Waals surface area contributed by atoms with Crippen LogP contribution in [0.15, 0.2) is 4.99 Å². The Labute approximate surface area is 134 Å². The smallest absolute Gasteiger partial charge is 0.194 e. The molecule has 1 saturated carbocycles. The van der Waals surface area contributed by atoms with Crippen LogP contribution in [0.3, 0.4) is 0 Å². The molecule has 19 heavy (non-hydrogen) atoms. The van der Waals surface area contributed by atoms with Crippen molar-refractivity contribution in [1.82, 2.24) is 10.2 Å². The van der Waals surface area contributed by atoms with Gasteiger partial charge >= 0.3 is 0 Å². The van der Waals surface area contributed by atoms with Crippen LogP contribution >= 0.6 is 24.0 Å². The number of aliphatic imine (C=N–C) groups is 1. The fourth-order valence-corrected chi connectivity index (χ4v) is 2.57. The monoisotopic (exact) mass is 381 g/mol. The summed E-state index contributed by atoms with van der Waals surface area (Å²) in [6, 6.07) is 0.668. The molecule has 0 aromatic heterocycles. The topological polar surface area (TPSA) is 36.9 Å². The van der Waals surface area contributed by atoms with E-state index in [2.05, 4.69) is 29.1 Å². The molecule has 0 spiro atoms. The predicted octanol–water partition coefficient (Wildman–Crippen LogP) is 2.48. The van der Waals surface area contributed by atoms with Crippen molar-refractivity contribution in [3.8, 4) is 0 Å². The summed E-state index contributed by atoms with van der Waals surface area (Å²) < 4.78 is 5.53. The Hall–Kier alpha value is -0.0400. The molecule has 2 fully saturated rings. The molecule has 0 aromatic carbocycles. The quantitative estimate of drug-likeness (QED) is 0.452. The van der Waals surface area contributed by atoms with Crippen LogP contribution in [0.25, 0.3) is 0 Å². The van der Waals surface area contributed by atoms with Crippen molar-refractivity contribution >= 4 is 29.9 Å². The van der Waals surface area contributed by atoms with Crippen LogP contribution in [0.5, 0.6) is 0 Å². The van der Waals surface area contributed by atoms with Crippen molar-refractivity contribution in [1.29, 1.82) is 0 Å². The summed E-state index contributed by atoms with van der Waals surface area (Å²) in [7, 11) is 0. The Morgan fingerprint density at radius 2 is 2.11 bits per heavy atom. The van der Waals surface area contributed by atoms with Gasteiger partial charge in [0.25, 0.3) is 0 Å². The van der Waals surface area contributed by atoms with Gasteiger partial charge in [0, 0.05) is 38.2 Å². The first kappa shape index (κ1) is 17.0. The summed E-state index contributed by atoms with van der Waals surface area (Å²) in [6.45, 7) is 8.98. The number of halogens is 1. The molecule has 4 nitrogen and oxygen atoms in total. The summed E-state index contributed by atoms with van der Waals surface area (Å²) in [5, 5.41) is 3.61. The van der Waals surface area contributed by atoms with Gasteiger partial charge in [0.15, 0.2) is 5.96 Å². The van der Waals surface area contributed by atoms with Gasteiger partial charge in [0.05, 0.1) is 6.61 Å². The maximum absolute atomic E-state index is 5.53. The van der Waals surface area contributed by atoms with Gasteiger partial charge in [0.2, 0.25) is 0 Å². The number of nitrogens with zero attached hydrogens (tertiary/aromatic N) is 2. The number of likely N-dealkylation sites (tertiary alicyclic amines) is 1. The summed E-state index contributed by atoms with van der Waals surface area (Å²) >= 11 is 0. The highest BCUT2D eigenvalue weighted by Gasteiger charge is 2.27. The number of nitrogens with one attached hydrogen (secondary N) is 1. The Morgan fingerprint density at radius 3 is 2.68 bits per heavy atom. The van der Waals surface area contributed by atoms with E-state index >= 15 is 0 Å². The SMILES string of the molecule is CCN=C(NC1CCC1)N1CCC(COCC)C1.I. The molecular weight excluding hydrogens is 353 g/mol. The molecule has 1 heterocycles. The third-order valence-electron chi connectivity index (χ3n) is 3.89. The second-order valence-corrected chi connectivity index (χ2v) is 5.33. The van der Waals surface area contributed by atoms with Crippen LogP contribution in [-0.2, 0) is 4.74 Å². The molecule has 2 rings (SSSR count). The van der Waals surface area contributed by atoms with Gasteiger partial charge in [-0.05, 0) is 39.5 Å². The van der Waals surface area contributed by atoms with E-state index in [0.29, 0.717) is 12.0 Å². The molecular formula is C14H28IN3O. The van der Waals surface area contributed by atoms with E-state index in [1.54, 1.807) is 0 Å². The van der Waals surface area contributed by atoms with Crippen LogP contribution in [0.1, 0.15) is 39.5 Å². The van der Waals surface area contributed by atoms with E-state index in [9.17, 15) is 0 Å². The van der Waals surface area contributed by atoms with Gasteiger partial charge in [-0.3, -0.25) is 4.99 Å². The van der Waals surface area contributed by atoms with Gasteiger partial charge in [-0.2, -0.15) is 0 Å². The molecule has 0 bridgehead atoms. The van der Waals surface area contributed by atoms with Gasteiger partial charge in [-0.25, -0.2) is 0 Å². The third kappa shape index (κ3) is 5.10. The zero-order chi connectivity index (χ0) is 12.8. The van der Waals surface area contributed by atoms with Crippen molar-refractivity contribution in [2.24, 2.45) is 10.9 Å². The number of hydrogen-bond acceptors (Lipinski definition) is 2. The van der Waals surface area contributed by atoms with E-state index < -0.39 is 0 Å². The minimum absolute atomic E-state index is 0. The van der Waals surface area contributed by atoms with E-state index in [0.717, 1.165) is 38.8 Å². The fraction of sp³-hybridized carbons (Fsp3) is 0.929. The summed E-state index contributed by atoms with van der Waals surface area (Å²) in [5.74, 6) is 1.80. The lowest BCUT2D eigenvalue weighted by atomic mass is 9.93. The van der Waals surface area contributed by atoms with Crippen LogP contribution in [0.2, 0.25) is 0 Å². The average molecular weight is 381 g/mol. The van der Waals surface area contributed by atoms with Crippen LogP contribution in [-0.4, -0.2) is 49.7 Å². The lowest BCUT2D eigenvalue weighted by Gasteiger charge is -2.31. The molecule has 1 saturated heterocycles. The molecule has 0 aromatic rings. The highest BCUT2D eigenvalue weighted by Crippen LogP contribution is 2.21. The molecule has 2 aliphatic rings. The van der Waals surface area contributed by atoms with Gasteiger partial charge in [0.1, 0.15) is 0 Å². The standard InChI is InChI=1S/C14H27N3O.HI/c1-3-15-14(16-13-6-5-7-13)17-9-8-12(10-17)11-18-4-2;/h12-13H,3-11H2,1-2H3,(H,15,16);1H. The van der Waals surface area contributed by atoms with E-state index in [4.69, 9.17) is 4.74 Å². The number of hydrogen-bond donors (Lipinski definition) is 1. The second-order valence-electron chi connectivity index (χ2n) is 5.33. The first-order chi connectivity index (χ1) is 8.83. The highest BCUT2D eigenvalue weighted by molar-refractivity contribution is 14.0. The Morgan fingerprint density at radius 1 is 1.32 bits per heavy atom. The van der Waals surface area contributed by atoms with E-state index in [1.165, 1.54) is 25.7 Å². The lowest BCUT2D eigenvalue weighted by molar-refractivity contribution is 0.114. The Balaban J connectivity index is 0.00000180. The largest absolute Gasteiger partial charge is 0.381 e. The molecule has 1 unspecified atom stereocenters. The van der Waals surface area contributed by atoms with Crippen molar-refractivity contribution in [3.63, 3.8) is 0 Å². The summed E-state index contributed by atoms with van der Waals surface area (Å²) in [6.07, 6.45) is 5.21. The minimum atomic E-state index is 0. The molecule has 1 N–H and O–H groups in total. The average Bonchev–Trinajstić information content (AvgIpc) is 2.78. The molecule has 5 heteroatoms. The van der Waals surface area contributed by atoms with Crippen molar-refractivity contribution < 1.29 is 4.74 Å². The Bertz CT molecular complexity index is 282. The maximum Gasteiger partial charge on any atom is 0.194 e. The van der Waals surface area contributed by atoms with E-state index in [1.807, 2.05) is 0 Å². The van der Waals surface area contributed by atoms with Crippen LogP contribution in [0.4, 0.5) is 0 Å². The minimum Gasteiger partial charge on any atom is -0.381 e. The third-order valence-corrected chi connectivity index (χ3v) is 3.89. The number of guanidine groups is 1. The lowest BCUT2D eigenvalue weighted by Crippen LogP contribution is -2.47. The molecule has 1 aliphatic carbocycles. The first-order valence-electron chi connectivity index (χ1n) is 7.47. The fourth-order valence-electron chi connectivity index (χ4n) is 2.57. The first-order valence-corrected chi connectivity index (χ1v) is 7.47. The highest BCUT2D eigenvalue weighted by atomic mass is 127. The Kier molecular flexibility index (Phi) is 8.06. The van der Waals surface area contributed by atoms with Crippen molar-refractivity contribution in [2.75, 3.05) is 32.8 Å². The molecule has 0 amide bonds. The maximum atomic E-state index is 5.53. The molecule has 112 valence electrons. The molecule has 0 radical (unpaired) electrons. The zero-order valence-electron chi connectivity index (χ0n) is 12.2. The molecule has 1 atom stereocenters. The summed E-state index contributed by atoms with van der Waals surface area (Å²) in [4.78, 5) is 7.04. The van der Waals surface area contributed by atoms with Crippen LogP contribution in [0, 0.1) is 5.92 Å². The zero-order valence-corrected chi connectivity index (χ0v) is 14.6. The van der Waals surface area contributed by atoms with Gasteiger partial charge < -0.3 is 15.0 Å².